The smallest absolute Gasteiger partial charge is 0.0351 e. The Kier molecular flexibility index (Phi) is 3.37. The molecule has 4 bridgehead atoms. The molecule has 0 spiro atoms. The van der Waals surface area contributed by atoms with Crippen LogP contribution in [0.3, 0.4) is 0 Å². The van der Waals surface area contributed by atoms with Crippen molar-refractivity contribution in [1.29, 1.82) is 0 Å². The lowest BCUT2D eigenvalue weighted by Crippen LogP contribution is -2.49. The van der Waals surface area contributed by atoms with Gasteiger partial charge >= 0.3 is 0 Å². The summed E-state index contributed by atoms with van der Waals surface area (Å²) in [6.45, 7) is 4.47. The summed E-state index contributed by atoms with van der Waals surface area (Å²) >= 11 is 0. The molecule has 1 N–H and O–H groups in total. The number of rotatable bonds is 3. The third kappa shape index (κ3) is 2.25. The Hall–Kier alpha value is -0.820. The Morgan fingerprint density at radius 2 is 1.52 bits per heavy atom. The maximum atomic E-state index is 3.69. The molecular weight excluding hydrogens is 254 g/mol. The van der Waals surface area contributed by atoms with Gasteiger partial charge in [-0.3, -0.25) is 0 Å². The van der Waals surface area contributed by atoms with E-state index >= 15 is 0 Å². The summed E-state index contributed by atoms with van der Waals surface area (Å²) in [6, 6.07) is 7.68. The average molecular weight is 283 g/mol. The van der Waals surface area contributed by atoms with Gasteiger partial charge in [0.25, 0.3) is 0 Å². The molecule has 0 radical (unpaired) electrons. The molecule has 0 aliphatic heterocycles. The van der Waals surface area contributed by atoms with Gasteiger partial charge < -0.3 is 5.32 Å². The fraction of sp³-hybridized carbons (Fsp3) is 0.700. The normalized spacial score (nSPS) is 38.7. The predicted molar refractivity (Wildman–Crippen MR) is 88.3 cm³/mol. The molecule has 5 rings (SSSR count). The zero-order valence-electron chi connectivity index (χ0n) is 13.7. The number of aryl methyl sites for hydroxylation is 2. The van der Waals surface area contributed by atoms with E-state index in [0.717, 1.165) is 29.6 Å². The van der Waals surface area contributed by atoms with Crippen LogP contribution < -0.4 is 5.32 Å². The molecule has 21 heavy (non-hydrogen) atoms. The fourth-order valence-electron chi connectivity index (χ4n) is 6.05. The van der Waals surface area contributed by atoms with Crippen LogP contribution in [0.4, 0.5) is 0 Å². The third-order valence-corrected chi connectivity index (χ3v) is 6.89. The molecule has 1 heteroatoms. The largest absolute Gasteiger partial charge is 0.313 e. The van der Waals surface area contributed by atoms with Gasteiger partial charge in [-0.1, -0.05) is 18.2 Å². The highest BCUT2D eigenvalue weighted by Gasteiger charge is 2.50. The van der Waals surface area contributed by atoms with Gasteiger partial charge in [0, 0.05) is 6.04 Å². The second kappa shape index (κ2) is 5.12. The molecule has 1 unspecified atom stereocenters. The summed E-state index contributed by atoms with van der Waals surface area (Å²) in [5.74, 6) is 4.99. The number of hydrogen-bond acceptors (Lipinski definition) is 1. The average Bonchev–Trinajstić information content (AvgIpc) is 2.45. The molecule has 0 aromatic heterocycles. The minimum absolute atomic E-state index is 0.569. The number of nitrogens with one attached hydrogen (secondary N) is 1. The second-order valence-corrected chi connectivity index (χ2v) is 8.12. The highest BCUT2D eigenvalue weighted by Crippen LogP contribution is 2.59. The Bertz CT molecular complexity index is 505. The molecule has 1 nitrogen and oxygen atoms in total. The van der Waals surface area contributed by atoms with E-state index in [2.05, 4.69) is 44.4 Å². The van der Waals surface area contributed by atoms with E-state index in [-0.39, 0.29) is 0 Å². The van der Waals surface area contributed by atoms with Crippen LogP contribution in [0.5, 0.6) is 0 Å². The Morgan fingerprint density at radius 1 is 0.905 bits per heavy atom. The zero-order valence-corrected chi connectivity index (χ0v) is 13.7. The van der Waals surface area contributed by atoms with Crippen molar-refractivity contribution in [2.75, 3.05) is 7.05 Å². The number of benzene rings is 1. The molecule has 0 amide bonds. The van der Waals surface area contributed by atoms with E-state index in [9.17, 15) is 0 Å². The van der Waals surface area contributed by atoms with Crippen LogP contribution in [-0.4, -0.2) is 7.05 Å². The van der Waals surface area contributed by atoms with E-state index in [1.807, 2.05) is 0 Å². The Balaban J connectivity index is 1.65. The van der Waals surface area contributed by atoms with Crippen LogP contribution in [-0.2, 0) is 0 Å². The summed E-state index contributed by atoms with van der Waals surface area (Å²) in [6.07, 6.45) is 7.61. The molecule has 4 saturated carbocycles. The Labute approximate surface area is 129 Å². The van der Waals surface area contributed by atoms with Gasteiger partial charge in [-0.25, -0.2) is 0 Å². The topological polar surface area (TPSA) is 12.0 Å². The molecule has 1 atom stereocenters. The maximum Gasteiger partial charge on any atom is 0.0351 e. The van der Waals surface area contributed by atoms with Crippen LogP contribution in [0.15, 0.2) is 18.2 Å². The van der Waals surface area contributed by atoms with Crippen molar-refractivity contribution >= 4 is 0 Å². The molecule has 4 fully saturated rings. The van der Waals surface area contributed by atoms with E-state index in [1.165, 1.54) is 42.4 Å². The minimum atomic E-state index is 0.569. The van der Waals surface area contributed by atoms with Crippen molar-refractivity contribution in [3.05, 3.63) is 34.9 Å². The van der Waals surface area contributed by atoms with Gasteiger partial charge in [0.15, 0.2) is 0 Å². The van der Waals surface area contributed by atoms with Crippen molar-refractivity contribution in [3.63, 3.8) is 0 Å². The summed E-state index contributed by atoms with van der Waals surface area (Å²) in [5, 5.41) is 3.69. The lowest BCUT2D eigenvalue weighted by molar-refractivity contribution is -0.0515. The minimum Gasteiger partial charge on any atom is -0.313 e. The van der Waals surface area contributed by atoms with Gasteiger partial charge in [-0.05, 0) is 99.3 Å². The zero-order chi connectivity index (χ0) is 14.6. The van der Waals surface area contributed by atoms with Gasteiger partial charge in [0.05, 0.1) is 0 Å². The fourth-order valence-corrected chi connectivity index (χ4v) is 6.05. The first-order valence-corrected chi connectivity index (χ1v) is 8.90. The first kappa shape index (κ1) is 13.8. The molecule has 0 heterocycles. The molecule has 4 aliphatic carbocycles. The third-order valence-electron chi connectivity index (χ3n) is 6.89. The maximum absolute atomic E-state index is 3.69. The van der Waals surface area contributed by atoms with Gasteiger partial charge in [-0.15, -0.1) is 0 Å². The van der Waals surface area contributed by atoms with Gasteiger partial charge in [0.1, 0.15) is 0 Å². The van der Waals surface area contributed by atoms with Crippen LogP contribution in [0.25, 0.3) is 0 Å². The first-order chi connectivity index (χ1) is 10.2. The van der Waals surface area contributed by atoms with E-state index in [4.69, 9.17) is 0 Å². The van der Waals surface area contributed by atoms with E-state index in [1.54, 1.807) is 6.42 Å². The molecule has 114 valence electrons. The standard InChI is InChI=1S/C20H29N/c1-12-4-5-16(6-13(12)2)20(21-3)19-17-8-14-7-15(10-17)11-18(19)9-14/h4-6,14-15,17-21H,7-11H2,1-3H3. The number of hydrogen-bond donors (Lipinski definition) is 1. The second-order valence-electron chi connectivity index (χ2n) is 8.12. The quantitative estimate of drug-likeness (QED) is 0.852. The van der Waals surface area contributed by atoms with E-state index in [0.29, 0.717) is 6.04 Å². The predicted octanol–water partition coefficient (Wildman–Crippen LogP) is 4.64. The highest BCUT2D eigenvalue weighted by molar-refractivity contribution is 5.32. The van der Waals surface area contributed by atoms with Crippen molar-refractivity contribution in [1.82, 2.24) is 5.32 Å². The highest BCUT2D eigenvalue weighted by atomic mass is 14.9. The first-order valence-electron chi connectivity index (χ1n) is 8.90. The van der Waals surface area contributed by atoms with Crippen molar-refractivity contribution in [3.8, 4) is 0 Å². The lowest BCUT2D eigenvalue weighted by Gasteiger charge is -2.56. The van der Waals surface area contributed by atoms with Crippen LogP contribution >= 0.6 is 0 Å². The van der Waals surface area contributed by atoms with Gasteiger partial charge in [0.2, 0.25) is 0 Å². The summed E-state index contributed by atoms with van der Waals surface area (Å²) in [7, 11) is 2.17. The summed E-state index contributed by atoms with van der Waals surface area (Å²) in [4.78, 5) is 0. The van der Waals surface area contributed by atoms with Crippen LogP contribution in [0, 0.1) is 43.4 Å². The molecule has 4 aliphatic rings. The molecule has 0 saturated heterocycles. The molecule has 1 aromatic rings. The summed E-state index contributed by atoms with van der Waals surface area (Å²) in [5.41, 5.74) is 4.38. The van der Waals surface area contributed by atoms with E-state index < -0.39 is 0 Å². The Morgan fingerprint density at radius 3 is 2.05 bits per heavy atom. The van der Waals surface area contributed by atoms with Crippen LogP contribution in [0.1, 0.15) is 54.8 Å². The van der Waals surface area contributed by atoms with Crippen LogP contribution in [0.2, 0.25) is 0 Å². The lowest BCUT2D eigenvalue weighted by atomic mass is 9.50. The van der Waals surface area contributed by atoms with Crippen molar-refractivity contribution in [2.45, 2.75) is 52.0 Å². The van der Waals surface area contributed by atoms with Crippen molar-refractivity contribution in [2.24, 2.45) is 29.6 Å². The monoisotopic (exact) mass is 283 g/mol. The SMILES string of the molecule is CNC(c1ccc(C)c(C)c1)C1C2CC3CC(C2)CC1C3. The van der Waals surface area contributed by atoms with Crippen molar-refractivity contribution < 1.29 is 0 Å². The van der Waals surface area contributed by atoms with Gasteiger partial charge in [-0.2, -0.15) is 0 Å². The summed E-state index contributed by atoms with van der Waals surface area (Å²) < 4.78 is 0. The molecule has 1 aromatic carbocycles. The molecular formula is C20H29N.